The fourth-order valence-corrected chi connectivity index (χ4v) is 4.50. The van der Waals surface area contributed by atoms with Crippen LogP contribution in [0.1, 0.15) is 31.4 Å². The second kappa shape index (κ2) is 10.5. The van der Waals surface area contributed by atoms with Crippen LogP contribution < -0.4 is 15.1 Å². The number of carbonyl (C=O) groups is 2. The molecule has 0 aromatic heterocycles. The lowest BCUT2D eigenvalue weighted by Gasteiger charge is -2.28. The molecule has 0 saturated carbocycles. The molecule has 2 aromatic carbocycles. The molecule has 0 atom stereocenters. The second-order valence-corrected chi connectivity index (χ2v) is 8.25. The Bertz CT molecular complexity index is 852. The fourth-order valence-electron chi connectivity index (χ4n) is 3.57. The van der Waals surface area contributed by atoms with Crippen molar-refractivity contribution in [2.75, 3.05) is 30.3 Å². The van der Waals surface area contributed by atoms with Crippen LogP contribution in [0.4, 0.5) is 5.69 Å². The van der Waals surface area contributed by atoms with Crippen LogP contribution >= 0.6 is 11.8 Å². The van der Waals surface area contributed by atoms with Crippen molar-refractivity contribution in [3.8, 4) is 0 Å². The van der Waals surface area contributed by atoms with Crippen LogP contribution in [0.2, 0.25) is 0 Å². The van der Waals surface area contributed by atoms with Gasteiger partial charge in [-0.3, -0.25) is 9.59 Å². The van der Waals surface area contributed by atoms with Gasteiger partial charge in [0.1, 0.15) is 6.54 Å². The molecule has 6 heteroatoms. The van der Waals surface area contributed by atoms with E-state index in [-0.39, 0.29) is 11.8 Å². The van der Waals surface area contributed by atoms with Crippen molar-refractivity contribution in [3.63, 3.8) is 0 Å². The summed E-state index contributed by atoms with van der Waals surface area (Å²) in [6.07, 6.45) is 0.300. The van der Waals surface area contributed by atoms with E-state index in [1.807, 2.05) is 30.3 Å². The quantitative estimate of drug-likeness (QED) is 0.664. The molecule has 1 aliphatic heterocycles. The van der Waals surface area contributed by atoms with Crippen molar-refractivity contribution in [1.82, 2.24) is 5.32 Å². The molecular weight excluding hydrogens is 382 g/mol. The molecule has 1 heterocycles. The highest BCUT2D eigenvalue weighted by Gasteiger charge is 2.24. The van der Waals surface area contributed by atoms with E-state index in [0.717, 1.165) is 35.8 Å². The van der Waals surface area contributed by atoms with E-state index in [9.17, 15) is 9.59 Å². The van der Waals surface area contributed by atoms with Gasteiger partial charge in [0.2, 0.25) is 11.8 Å². The Morgan fingerprint density at radius 2 is 1.76 bits per heavy atom. The number of fused-ring (bicyclic) bond motifs is 1. The molecule has 0 fully saturated rings. The summed E-state index contributed by atoms with van der Waals surface area (Å²) < 4.78 is 0. The van der Waals surface area contributed by atoms with Crippen molar-refractivity contribution in [1.29, 1.82) is 0 Å². The number of para-hydroxylation sites is 1. The Morgan fingerprint density at radius 1 is 1.07 bits per heavy atom. The van der Waals surface area contributed by atoms with Gasteiger partial charge in [0.25, 0.3) is 0 Å². The van der Waals surface area contributed by atoms with E-state index in [1.54, 1.807) is 16.7 Å². The number of nitrogens with one attached hydrogen (secondary N) is 2. The predicted molar refractivity (Wildman–Crippen MR) is 118 cm³/mol. The van der Waals surface area contributed by atoms with E-state index in [0.29, 0.717) is 25.3 Å². The number of quaternary nitrogens is 1. The van der Waals surface area contributed by atoms with E-state index in [2.05, 4.69) is 37.4 Å². The summed E-state index contributed by atoms with van der Waals surface area (Å²) in [4.78, 5) is 29.1. The first-order valence-corrected chi connectivity index (χ1v) is 11.3. The zero-order valence-electron chi connectivity index (χ0n) is 17.2. The van der Waals surface area contributed by atoms with Gasteiger partial charge in [-0.25, -0.2) is 0 Å². The molecule has 3 rings (SSSR count). The molecule has 2 N–H and O–H groups in total. The van der Waals surface area contributed by atoms with Crippen LogP contribution in [0.3, 0.4) is 0 Å². The number of hydrogen-bond donors (Lipinski definition) is 2. The number of carbonyl (C=O) groups excluding carboxylic acids is 2. The first-order valence-electron chi connectivity index (χ1n) is 10.3. The first kappa shape index (κ1) is 21.4. The molecular formula is C23H30N3O2S+. The normalized spacial score (nSPS) is 13.5. The lowest BCUT2D eigenvalue weighted by atomic mass is 10.1. The summed E-state index contributed by atoms with van der Waals surface area (Å²) in [5.41, 5.74) is 3.36. The van der Waals surface area contributed by atoms with E-state index >= 15 is 0 Å². The third-order valence-electron chi connectivity index (χ3n) is 5.41. The summed E-state index contributed by atoms with van der Waals surface area (Å²) in [5.74, 6) is 0.465. The van der Waals surface area contributed by atoms with Crippen LogP contribution in [0, 0.1) is 0 Å². The minimum atomic E-state index is -0.0292. The number of amides is 2. The molecule has 0 radical (unpaired) electrons. The van der Waals surface area contributed by atoms with Crippen molar-refractivity contribution < 1.29 is 14.5 Å². The van der Waals surface area contributed by atoms with E-state index in [1.165, 1.54) is 10.5 Å². The summed E-state index contributed by atoms with van der Waals surface area (Å²) >= 11 is 1.56. The predicted octanol–water partition coefficient (Wildman–Crippen LogP) is 2.26. The van der Waals surface area contributed by atoms with Crippen LogP contribution in [-0.2, 0) is 22.7 Å². The van der Waals surface area contributed by atoms with E-state index in [4.69, 9.17) is 0 Å². The minimum absolute atomic E-state index is 0.0292. The smallest absolute Gasteiger partial charge is 0.237 e. The van der Waals surface area contributed by atoms with Crippen LogP contribution in [-0.4, -0.2) is 37.2 Å². The van der Waals surface area contributed by atoms with Crippen molar-refractivity contribution in [3.05, 3.63) is 59.7 Å². The van der Waals surface area contributed by atoms with Gasteiger partial charge < -0.3 is 15.1 Å². The molecule has 0 saturated heterocycles. The summed E-state index contributed by atoms with van der Waals surface area (Å²) in [7, 11) is 0. The van der Waals surface area contributed by atoms with Gasteiger partial charge in [-0.1, -0.05) is 36.4 Å². The Labute approximate surface area is 177 Å². The SMILES string of the molecule is CC[NH+](CC)Cc1ccccc1CNC(=O)CCN1C(=O)CSc2ccccc21. The summed E-state index contributed by atoms with van der Waals surface area (Å²) in [5, 5.41) is 3.04. The maximum Gasteiger partial charge on any atom is 0.237 e. The lowest BCUT2D eigenvalue weighted by Crippen LogP contribution is -3.10. The number of benzene rings is 2. The summed E-state index contributed by atoms with van der Waals surface area (Å²) in [6.45, 7) is 8.46. The van der Waals surface area contributed by atoms with Gasteiger partial charge in [-0.15, -0.1) is 11.8 Å². The molecule has 1 aliphatic rings. The molecule has 2 amide bonds. The average Bonchev–Trinajstić information content (AvgIpc) is 2.76. The number of nitrogens with zero attached hydrogens (tertiary/aromatic N) is 1. The van der Waals surface area contributed by atoms with E-state index < -0.39 is 0 Å². The molecule has 29 heavy (non-hydrogen) atoms. The van der Waals surface area contributed by atoms with Crippen LogP contribution in [0.25, 0.3) is 0 Å². The Morgan fingerprint density at radius 3 is 2.52 bits per heavy atom. The maximum atomic E-state index is 12.5. The number of hydrogen-bond acceptors (Lipinski definition) is 3. The van der Waals surface area contributed by atoms with Crippen molar-refractivity contribution in [2.24, 2.45) is 0 Å². The third-order valence-corrected chi connectivity index (χ3v) is 6.45. The lowest BCUT2D eigenvalue weighted by molar-refractivity contribution is -0.910. The average molecular weight is 413 g/mol. The highest BCUT2D eigenvalue weighted by Crippen LogP contribution is 2.34. The first-order chi connectivity index (χ1) is 14.1. The number of thioether (sulfide) groups is 1. The summed E-state index contributed by atoms with van der Waals surface area (Å²) in [6, 6.07) is 16.2. The third kappa shape index (κ3) is 5.61. The second-order valence-electron chi connectivity index (χ2n) is 7.23. The number of anilines is 1. The monoisotopic (exact) mass is 412 g/mol. The molecule has 0 bridgehead atoms. The molecule has 2 aromatic rings. The Hall–Kier alpha value is -2.31. The van der Waals surface area contributed by atoms with Crippen molar-refractivity contribution >= 4 is 29.3 Å². The van der Waals surface area contributed by atoms with Gasteiger partial charge in [-0.05, 0) is 31.5 Å². The van der Waals surface area contributed by atoms with Gasteiger partial charge in [0, 0.05) is 30.0 Å². The van der Waals surface area contributed by atoms with Gasteiger partial charge >= 0.3 is 0 Å². The maximum absolute atomic E-state index is 12.5. The zero-order valence-corrected chi connectivity index (χ0v) is 18.1. The number of rotatable bonds is 9. The van der Waals surface area contributed by atoms with Gasteiger partial charge in [-0.2, -0.15) is 0 Å². The molecule has 5 nitrogen and oxygen atoms in total. The standard InChI is InChI=1S/C23H29N3O2S/c1-3-25(4-2)16-19-10-6-5-9-18(19)15-24-22(27)13-14-26-20-11-7-8-12-21(20)29-17-23(26)28/h5-12H,3-4,13-17H2,1-2H3,(H,24,27)/p+1. The van der Waals surface area contributed by atoms with Crippen LogP contribution in [0.5, 0.6) is 0 Å². The Balaban J connectivity index is 1.56. The fraction of sp³-hybridized carbons (Fsp3) is 0.391. The topological polar surface area (TPSA) is 53.9 Å². The highest BCUT2D eigenvalue weighted by atomic mass is 32.2. The van der Waals surface area contributed by atoms with Crippen LogP contribution in [0.15, 0.2) is 53.4 Å². The van der Waals surface area contributed by atoms with Gasteiger partial charge in [0.05, 0.1) is 24.5 Å². The Kier molecular flexibility index (Phi) is 7.72. The highest BCUT2D eigenvalue weighted by molar-refractivity contribution is 8.00. The molecule has 0 unspecified atom stereocenters. The minimum Gasteiger partial charge on any atom is -0.352 e. The molecule has 154 valence electrons. The molecule has 0 aliphatic carbocycles. The zero-order chi connectivity index (χ0) is 20.6. The van der Waals surface area contributed by atoms with Crippen molar-refractivity contribution in [2.45, 2.75) is 38.3 Å². The largest absolute Gasteiger partial charge is 0.352 e. The van der Waals surface area contributed by atoms with Gasteiger partial charge in [0.15, 0.2) is 0 Å². The molecule has 0 spiro atoms.